The van der Waals surface area contributed by atoms with Crippen LogP contribution in [0.3, 0.4) is 0 Å². The summed E-state index contributed by atoms with van der Waals surface area (Å²) in [6.45, 7) is 1.53. The first-order valence-electron chi connectivity index (χ1n) is 6.01. The molecule has 0 aromatic heterocycles. The lowest BCUT2D eigenvalue weighted by Gasteiger charge is -2.33. The zero-order chi connectivity index (χ0) is 14.5. The van der Waals surface area contributed by atoms with Gasteiger partial charge in [-0.1, -0.05) is 30.0 Å². The normalized spacial score (nSPS) is 21.2. The minimum Gasteiger partial charge on any atom is -0.381 e. The SMILES string of the molecule is C[C@]1(O)c2ccccc2Sc2ccc(C(F)(F)F)cc21. The number of hydrogen-bond acceptors (Lipinski definition) is 2. The van der Waals surface area contributed by atoms with E-state index in [4.69, 9.17) is 0 Å². The van der Waals surface area contributed by atoms with E-state index < -0.39 is 17.3 Å². The summed E-state index contributed by atoms with van der Waals surface area (Å²) < 4.78 is 38.5. The molecule has 1 aliphatic rings. The minimum absolute atomic E-state index is 0.302. The molecule has 0 spiro atoms. The molecule has 20 heavy (non-hydrogen) atoms. The number of fused-ring (bicyclic) bond motifs is 2. The highest BCUT2D eigenvalue weighted by Crippen LogP contribution is 2.48. The van der Waals surface area contributed by atoms with Crippen molar-refractivity contribution in [3.63, 3.8) is 0 Å². The van der Waals surface area contributed by atoms with Crippen molar-refractivity contribution < 1.29 is 18.3 Å². The minimum atomic E-state index is -4.41. The Balaban J connectivity index is 2.20. The molecule has 5 heteroatoms. The van der Waals surface area contributed by atoms with Crippen LogP contribution in [0.25, 0.3) is 0 Å². The molecular formula is C15H11F3OS. The summed E-state index contributed by atoms with van der Waals surface area (Å²) in [4.78, 5) is 1.52. The van der Waals surface area contributed by atoms with Gasteiger partial charge in [-0.2, -0.15) is 13.2 Å². The summed E-state index contributed by atoms with van der Waals surface area (Å²) in [6.07, 6.45) is -4.41. The molecular weight excluding hydrogens is 285 g/mol. The van der Waals surface area contributed by atoms with Gasteiger partial charge in [0.25, 0.3) is 0 Å². The van der Waals surface area contributed by atoms with Gasteiger partial charge in [-0.25, -0.2) is 0 Å². The third kappa shape index (κ3) is 2.01. The largest absolute Gasteiger partial charge is 0.416 e. The lowest BCUT2D eigenvalue weighted by atomic mass is 9.86. The Bertz CT molecular complexity index is 677. The fourth-order valence-electron chi connectivity index (χ4n) is 2.40. The van der Waals surface area contributed by atoms with Crippen molar-refractivity contribution in [1.82, 2.24) is 0 Å². The third-order valence-electron chi connectivity index (χ3n) is 3.46. The molecule has 0 aliphatic carbocycles. The summed E-state index contributed by atoms with van der Waals surface area (Å²) >= 11 is 1.38. The monoisotopic (exact) mass is 296 g/mol. The summed E-state index contributed by atoms with van der Waals surface area (Å²) in [5, 5.41) is 10.7. The van der Waals surface area contributed by atoms with Crippen molar-refractivity contribution in [1.29, 1.82) is 0 Å². The molecule has 2 aromatic carbocycles. The zero-order valence-electron chi connectivity index (χ0n) is 10.5. The van der Waals surface area contributed by atoms with Crippen LogP contribution in [-0.2, 0) is 11.8 Å². The average molecular weight is 296 g/mol. The van der Waals surface area contributed by atoms with E-state index in [2.05, 4.69) is 0 Å². The maximum atomic E-state index is 12.8. The predicted octanol–water partition coefficient (Wildman–Crippen LogP) is 4.43. The van der Waals surface area contributed by atoms with Crippen LogP contribution in [0.1, 0.15) is 23.6 Å². The molecule has 1 N–H and O–H groups in total. The van der Waals surface area contributed by atoms with Gasteiger partial charge in [0.2, 0.25) is 0 Å². The second-order valence-electron chi connectivity index (χ2n) is 4.88. The van der Waals surface area contributed by atoms with Gasteiger partial charge in [-0.15, -0.1) is 0 Å². The van der Waals surface area contributed by atoms with Crippen molar-refractivity contribution in [2.45, 2.75) is 28.5 Å². The molecule has 2 aromatic rings. The second-order valence-corrected chi connectivity index (χ2v) is 5.96. The van der Waals surface area contributed by atoms with E-state index in [1.807, 2.05) is 12.1 Å². The van der Waals surface area contributed by atoms with Gasteiger partial charge in [-0.05, 0) is 31.2 Å². The van der Waals surface area contributed by atoms with E-state index in [1.165, 1.54) is 24.8 Å². The van der Waals surface area contributed by atoms with Crippen LogP contribution in [0.5, 0.6) is 0 Å². The summed E-state index contributed by atoms with van der Waals surface area (Å²) in [5.74, 6) is 0. The smallest absolute Gasteiger partial charge is 0.381 e. The summed E-state index contributed by atoms with van der Waals surface area (Å²) in [5.41, 5.74) is -1.22. The number of rotatable bonds is 0. The van der Waals surface area contributed by atoms with Crippen LogP contribution in [0.4, 0.5) is 13.2 Å². The van der Waals surface area contributed by atoms with Crippen LogP contribution < -0.4 is 0 Å². The van der Waals surface area contributed by atoms with Gasteiger partial charge >= 0.3 is 6.18 Å². The van der Waals surface area contributed by atoms with Gasteiger partial charge in [-0.3, -0.25) is 0 Å². The quantitative estimate of drug-likeness (QED) is 0.776. The van der Waals surface area contributed by atoms with E-state index in [-0.39, 0.29) is 0 Å². The van der Waals surface area contributed by atoms with Gasteiger partial charge in [0.1, 0.15) is 5.60 Å². The zero-order valence-corrected chi connectivity index (χ0v) is 11.3. The molecule has 1 heterocycles. The molecule has 0 bridgehead atoms. The molecule has 0 saturated carbocycles. The van der Waals surface area contributed by atoms with E-state index in [0.717, 1.165) is 17.0 Å². The highest BCUT2D eigenvalue weighted by molar-refractivity contribution is 7.99. The molecule has 0 saturated heterocycles. The van der Waals surface area contributed by atoms with Crippen molar-refractivity contribution in [3.05, 3.63) is 59.2 Å². The van der Waals surface area contributed by atoms with E-state index in [1.54, 1.807) is 12.1 Å². The first-order chi connectivity index (χ1) is 9.30. The van der Waals surface area contributed by atoms with Crippen LogP contribution in [0.15, 0.2) is 52.3 Å². The third-order valence-corrected chi connectivity index (χ3v) is 4.61. The number of halogens is 3. The van der Waals surface area contributed by atoms with Gasteiger partial charge in [0.05, 0.1) is 5.56 Å². The number of benzene rings is 2. The van der Waals surface area contributed by atoms with Crippen LogP contribution in [0.2, 0.25) is 0 Å². The summed E-state index contributed by atoms with van der Waals surface area (Å²) in [6, 6.07) is 10.7. The van der Waals surface area contributed by atoms with Crippen molar-refractivity contribution in [2.75, 3.05) is 0 Å². The number of alkyl halides is 3. The molecule has 104 valence electrons. The molecule has 0 fully saturated rings. The molecule has 1 aliphatic heterocycles. The summed E-state index contributed by atoms with van der Waals surface area (Å²) in [7, 11) is 0. The molecule has 0 unspecified atom stereocenters. The fraction of sp³-hybridized carbons (Fsp3) is 0.200. The maximum Gasteiger partial charge on any atom is 0.416 e. The Hall–Kier alpha value is -1.46. The molecule has 1 atom stereocenters. The fourth-order valence-corrected chi connectivity index (χ4v) is 3.66. The van der Waals surface area contributed by atoms with Crippen LogP contribution >= 0.6 is 11.8 Å². The molecule has 0 radical (unpaired) electrons. The Morgan fingerprint density at radius 1 is 1.00 bits per heavy atom. The van der Waals surface area contributed by atoms with E-state index in [9.17, 15) is 18.3 Å². The Morgan fingerprint density at radius 3 is 2.35 bits per heavy atom. The van der Waals surface area contributed by atoms with Gasteiger partial charge < -0.3 is 5.11 Å². The lowest BCUT2D eigenvalue weighted by Crippen LogP contribution is -2.27. The molecule has 3 rings (SSSR count). The average Bonchev–Trinajstić information content (AvgIpc) is 2.37. The highest BCUT2D eigenvalue weighted by atomic mass is 32.2. The standard InChI is InChI=1S/C15H11F3OS/c1-14(19)10-4-2-3-5-12(10)20-13-7-6-9(8-11(13)14)15(16,17)18/h2-8,19H,1H3/t14-/m0/s1. The van der Waals surface area contributed by atoms with E-state index >= 15 is 0 Å². The van der Waals surface area contributed by atoms with Crippen molar-refractivity contribution >= 4 is 11.8 Å². The highest BCUT2D eigenvalue weighted by Gasteiger charge is 2.38. The number of aliphatic hydroxyl groups is 1. The van der Waals surface area contributed by atoms with Crippen LogP contribution in [0, 0.1) is 0 Å². The van der Waals surface area contributed by atoms with Crippen LogP contribution in [-0.4, -0.2) is 5.11 Å². The topological polar surface area (TPSA) is 20.2 Å². The molecule has 1 nitrogen and oxygen atoms in total. The van der Waals surface area contributed by atoms with Crippen molar-refractivity contribution in [3.8, 4) is 0 Å². The number of hydrogen-bond donors (Lipinski definition) is 1. The van der Waals surface area contributed by atoms with Gasteiger partial charge in [0, 0.05) is 20.9 Å². The lowest BCUT2D eigenvalue weighted by molar-refractivity contribution is -0.137. The van der Waals surface area contributed by atoms with E-state index in [0.29, 0.717) is 16.0 Å². The Morgan fingerprint density at radius 2 is 1.65 bits per heavy atom. The second kappa shape index (κ2) is 4.27. The Kier molecular flexibility index (Phi) is 2.88. The Labute approximate surface area is 118 Å². The molecule has 0 amide bonds. The first-order valence-corrected chi connectivity index (χ1v) is 6.83. The van der Waals surface area contributed by atoms with Gasteiger partial charge in [0.15, 0.2) is 0 Å². The maximum absolute atomic E-state index is 12.8. The van der Waals surface area contributed by atoms with Crippen molar-refractivity contribution in [2.24, 2.45) is 0 Å². The first kappa shape index (κ1) is 13.5. The predicted molar refractivity (Wildman–Crippen MR) is 70.7 cm³/mol.